The van der Waals surface area contributed by atoms with E-state index in [0.717, 1.165) is 0 Å². The summed E-state index contributed by atoms with van der Waals surface area (Å²) >= 11 is 12.0. The lowest BCUT2D eigenvalue weighted by atomic mass is 10.1. The van der Waals surface area contributed by atoms with Gasteiger partial charge in [-0.15, -0.1) is 0 Å². The zero-order valence-corrected chi connectivity index (χ0v) is 20.2. The molecular weight excluding hydrogens is 503 g/mol. The van der Waals surface area contributed by atoms with Crippen molar-refractivity contribution in [2.24, 2.45) is 0 Å². The number of rotatable bonds is 7. The third kappa shape index (κ3) is 4.84. The lowest BCUT2D eigenvalue weighted by Gasteiger charge is -2.20. The first kappa shape index (κ1) is 23.5. The fourth-order valence-corrected chi connectivity index (χ4v) is 6.78. The lowest BCUT2D eigenvalue weighted by Crippen LogP contribution is -2.19. The minimum absolute atomic E-state index is 0.0167. The van der Waals surface area contributed by atoms with E-state index in [9.17, 15) is 16.8 Å². The first-order chi connectivity index (χ1) is 15.7. The van der Waals surface area contributed by atoms with Crippen LogP contribution < -0.4 is 0 Å². The summed E-state index contributed by atoms with van der Waals surface area (Å²) in [6, 6.07) is 18.1. The van der Waals surface area contributed by atoms with Crippen LogP contribution in [0.2, 0.25) is 10.0 Å². The molecule has 10 heteroatoms. The summed E-state index contributed by atoms with van der Waals surface area (Å²) in [5.74, 6) is 0. The minimum Gasteiger partial charge on any atom is -0.336 e. The van der Waals surface area contributed by atoms with Crippen LogP contribution in [-0.4, -0.2) is 26.4 Å². The van der Waals surface area contributed by atoms with E-state index in [2.05, 4.69) is 4.98 Å². The van der Waals surface area contributed by atoms with Gasteiger partial charge in [0.15, 0.2) is 9.84 Å². The van der Waals surface area contributed by atoms with Crippen LogP contribution in [0.4, 0.5) is 0 Å². The molecule has 0 aliphatic rings. The smallest absolute Gasteiger partial charge is 0.206 e. The highest BCUT2D eigenvalue weighted by Gasteiger charge is 2.30. The van der Waals surface area contributed by atoms with E-state index in [1.807, 2.05) is 0 Å². The van der Waals surface area contributed by atoms with Gasteiger partial charge in [0.2, 0.25) is 9.84 Å². The van der Waals surface area contributed by atoms with Crippen molar-refractivity contribution in [3.63, 3.8) is 0 Å². The van der Waals surface area contributed by atoms with Gasteiger partial charge < -0.3 is 4.57 Å². The van der Waals surface area contributed by atoms with Gasteiger partial charge in [0.05, 0.1) is 31.1 Å². The van der Waals surface area contributed by atoms with E-state index in [0.29, 0.717) is 5.56 Å². The number of hydrogen-bond donors (Lipinski definition) is 0. The van der Waals surface area contributed by atoms with Crippen LogP contribution in [0.15, 0.2) is 106 Å². The summed E-state index contributed by atoms with van der Waals surface area (Å²) in [7, 11) is -7.64. The summed E-state index contributed by atoms with van der Waals surface area (Å²) in [5, 5.41) is -0.641. The molecule has 1 aromatic heterocycles. The summed E-state index contributed by atoms with van der Waals surface area (Å²) in [5.41, 5.74) is 0.432. The highest BCUT2D eigenvalue weighted by atomic mass is 35.5. The average Bonchev–Trinajstić information content (AvgIpc) is 3.33. The highest BCUT2D eigenvalue weighted by Crippen LogP contribution is 2.34. The van der Waals surface area contributed by atoms with Crippen LogP contribution in [0, 0.1) is 0 Å². The minimum atomic E-state index is -3.91. The largest absolute Gasteiger partial charge is 0.336 e. The van der Waals surface area contributed by atoms with Gasteiger partial charge in [-0.05, 0) is 48.0 Å². The van der Waals surface area contributed by atoms with Gasteiger partial charge in [-0.2, -0.15) is 0 Å². The molecule has 1 unspecified atom stereocenters. The maximum Gasteiger partial charge on any atom is 0.206 e. The number of hydrogen-bond acceptors (Lipinski definition) is 5. The molecule has 1 atom stereocenters. The third-order valence-electron chi connectivity index (χ3n) is 5.15. The Balaban J connectivity index is 1.76. The van der Waals surface area contributed by atoms with Gasteiger partial charge in [-0.1, -0.05) is 53.5 Å². The molecule has 0 aliphatic heterocycles. The molecule has 4 rings (SSSR count). The second kappa shape index (κ2) is 9.30. The average molecular weight is 521 g/mol. The molecule has 0 amide bonds. The van der Waals surface area contributed by atoms with E-state index in [1.165, 1.54) is 60.9 Å². The van der Waals surface area contributed by atoms with Gasteiger partial charge in [-0.25, -0.2) is 21.8 Å². The summed E-state index contributed by atoms with van der Waals surface area (Å²) in [6.45, 7) is 0.0767. The molecule has 4 aromatic rings. The number of benzene rings is 3. The zero-order valence-electron chi connectivity index (χ0n) is 17.0. The predicted octanol–water partition coefficient (Wildman–Crippen LogP) is 5.24. The topological polar surface area (TPSA) is 86.1 Å². The van der Waals surface area contributed by atoms with Crippen molar-refractivity contribution >= 4 is 42.9 Å². The quantitative estimate of drug-likeness (QED) is 0.332. The number of halogens is 2. The Hall–Kier alpha value is -2.65. The standard InChI is InChI=1S/C23H18Cl2N2O4S2/c24-21-11-10-20(14-22(21)25)33(30,31)23(15-27-13-12-26-16-27)17-6-8-19(9-7-17)32(28,29)18-4-2-1-3-5-18/h1-14,16,23H,15H2. The fourth-order valence-electron chi connectivity index (χ4n) is 3.38. The summed E-state index contributed by atoms with van der Waals surface area (Å²) in [4.78, 5) is 4.23. The molecule has 0 fully saturated rings. The van der Waals surface area contributed by atoms with E-state index < -0.39 is 24.9 Å². The normalized spacial score (nSPS) is 13.0. The van der Waals surface area contributed by atoms with Crippen molar-refractivity contribution < 1.29 is 16.8 Å². The van der Waals surface area contributed by atoms with Gasteiger partial charge in [0.1, 0.15) is 5.25 Å². The van der Waals surface area contributed by atoms with Crippen molar-refractivity contribution in [1.29, 1.82) is 0 Å². The maximum absolute atomic E-state index is 13.6. The molecule has 0 spiro atoms. The second-order valence-electron chi connectivity index (χ2n) is 7.25. The van der Waals surface area contributed by atoms with Crippen molar-refractivity contribution in [3.05, 3.63) is 107 Å². The van der Waals surface area contributed by atoms with Crippen LogP contribution in [-0.2, 0) is 26.2 Å². The third-order valence-corrected chi connectivity index (χ3v) is 9.75. The Morgan fingerprint density at radius 3 is 2.03 bits per heavy atom. The number of aromatic nitrogens is 2. The van der Waals surface area contributed by atoms with Crippen LogP contribution in [0.1, 0.15) is 10.8 Å². The Bertz CT molecular complexity index is 1470. The molecule has 0 saturated carbocycles. The van der Waals surface area contributed by atoms with Gasteiger partial charge in [-0.3, -0.25) is 0 Å². The first-order valence-corrected chi connectivity index (χ1v) is 13.5. The van der Waals surface area contributed by atoms with Gasteiger partial charge in [0, 0.05) is 18.9 Å². The van der Waals surface area contributed by atoms with E-state index in [-0.39, 0.29) is 31.3 Å². The SMILES string of the molecule is O=S(=O)(c1ccccc1)c1ccc(C(Cn2ccnc2)S(=O)(=O)c2ccc(Cl)c(Cl)c2)cc1. The Morgan fingerprint density at radius 1 is 0.788 bits per heavy atom. The van der Waals surface area contributed by atoms with Crippen LogP contribution in [0.3, 0.4) is 0 Å². The highest BCUT2D eigenvalue weighted by molar-refractivity contribution is 7.92. The number of sulfone groups is 2. The fraction of sp³-hybridized carbons (Fsp3) is 0.0870. The van der Waals surface area contributed by atoms with Crippen LogP contribution in [0.5, 0.6) is 0 Å². The van der Waals surface area contributed by atoms with Crippen molar-refractivity contribution in [3.8, 4) is 0 Å². The molecule has 0 bridgehead atoms. The van der Waals surface area contributed by atoms with Crippen molar-refractivity contribution in [2.75, 3.05) is 0 Å². The van der Waals surface area contributed by atoms with E-state index in [4.69, 9.17) is 23.2 Å². The second-order valence-corrected chi connectivity index (χ2v) is 12.1. The van der Waals surface area contributed by atoms with Crippen LogP contribution in [0.25, 0.3) is 0 Å². The molecule has 0 radical (unpaired) electrons. The van der Waals surface area contributed by atoms with Crippen LogP contribution >= 0.6 is 23.2 Å². The molecule has 0 N–H and O–H groups in total. The Morgan fingerprint density at radius 2 is 1.42 bits per heavy atom. The Labute approximate surface area is 202 Å². The molecule has 0 aliphatic carbocycles. The van der Waals surface area contributed by atoms with E-state index >= 15 is 0 Å². The Kier molecular flexibility index (Phi) is 6.63. The molecular formula is C23H18Cl2N2O4S2. The molecule has 0 saturated heterocycles. The predicted molar refractivity (Wildman–Crippen MR) is 127 cm³/mol. The molecule has 3 aromatic carbocycles. The lowest BCUT2D eigenvalue weighted by molar-refractivity contribution is 0.562. The molecule has 33 heavy (non-hydrogen) atoms. The monoisotopic (exact) mass is 520 g/mol. The molecule has 170 valence electrons. The maximum atomic E-state index is 13.6. The summed E-state index contributed by atoms with van der Waals surface area (Å²) < 4.78 is 54.6. The number of imidazole rings is 1. The first-order valence-electron chi connectivity index (χ1n) is 9.74. The molecule has 1 heterocycles. The van der Waals surface area contributed by atoms with Crippen molar-refractivity contribution in [2.45, 2.75) is 26.5 Å². The van der Waals surface area contributed by atoms with E-state index in [1.54, 1.807) is 35.2 Å². The summed E-state index contributed by atoms with van der Waals surface area (Å²) in [6.07, 6.45) is 4.73. The van der Waals surface area contributed by atoms with Gasteiger partial charge >= 0.3 is 0 Å². The van der Waals surface area contributed by atoms with Gasteiger partial charge in [0.25, 0.3) is 0 Å². The number of nitrogens with zero attached hydrogens (tertiary/aromatic N) is 2. The zero-order chi connectivity index (χ0) is 23.6. The molecule has 6 nitrogen and oxygen atoms in total. The van der Waals surface area contributed by atoms with Crippen molar-refractivity contribution in [1.82, 2.24) is 9.55 Å².